The van der Waals surface area contributed by atoms with Crippen LogP contribution in [0.15, 0.2) is 44.6 Å². The molecule has 0 aromatic heterocycles. The third-order valence-corrected chi connectivity index (χ3v) is 5.41. The molecule has 2 saturated carbocycles. The lowest BCUT2D eigenvalue weighted by atomic mass is 9.60. The van der Waals surface area contributed by atoms with Gasteiger partial charge in [0.1, 0.15) is 0 Å². The Morgan fingerprint density at radius 1 is 0.250 bits per heavy atom. The summed E-state index contributed by atoms with van der Waals surface area (Å²) in [6.45, 7) is 0. The van der Waals surface area contributed by atoms with E-state index in [9.17, 15) is 0 Å². The first-order chi connectivity index (χ1) is 7.93. The summed E-state index contributed by atoms with van der Waals surface area (Å²) in [5.41, 5.74) is 14.4. The summed E-state index contributed by atoms with van der Waals surface area (Å²) >= 11 is 0. The molecule has 0 N–H and O–H groups in total. The molecular formula is C16H16. The van der Waals surface area contributed by atoms with Crippen molar-refractivity contribution in [2.75, 3.05) is 0 Å². The zero-order chi connectivity index (χ0) is 10.3. The molecule has 0 heterocycles. The van der Waals surface area contributed by atoms with Gasteiger partial charge in [0.15, 0.2) is 0 Å². The number of hydrogen-bond acceptors (Lipinski definition) is 0. The van der Waals surface area contributed by atoms with Gasteiger partial charge < -0.3 is 0 Å². The van der Waals surface area contributed by atoms with Crippen molar-refractivity contribution in [3.63, 3.8) is 0 Å². The van der Waals surface area contributed by atoms with Gasteiger partial charge in [0.25, 0.3) is 0 Å². The third kappa shape index (κ3) is 0.714. The molecule has 16 heavy (non-hydrogen) atoms. The molecule has 0 nitrogen and oxygen atoms in total. The number of fused-ring (bicyclic) bond motifs is 4. The average molecular weight is 208 g/mol. The van der Waals surface area contributed by atoms with E-state index in [1.54, 1.807) is 44.6 Å². The van der Waals surface area contributed by atoms with Crippen LogP contribution in [0.3, 0.4) is 0 Å². The molecule has 0 saturated heterocycles. The first-order valence-electron chi connectivity index (χ1n) is 6.83. The Hall–Kier alpha value is -1.04. The second-order valence-corrected chi connectivity index (χ2v) is 5.83. The highest BCUT2D eigenvalue weighted by Crippen LogP contribution is 2.58. The van der Waals surface area contributed by atoms with E-state index in [2.05, 4.69) is 0 Å². The standard InChI is InChI=1S/C16H16/c1-2-10-13-5-3-11-9(1)12-4-6-14(10)16(13)8-7-15(11)12/h1-8H2. The fraction of sp³-hybridized carbons (Fsp3) is 0.500. The molecule has 8 bridgehead atoms. The number of rotatable bonds is 0. The van der Waals surface area contributed by atoms with Crippen LogP contribution in [0.25, 0.3) is 0 Å². The Kier molecular flexibility index (Phi) is 1.24. The topological polar surface area (TPSA) is 0 Å². The molecule has 6 aliphatic carbocycles. The predicted molar refractivity (Wildman–Crippen MR) is 65.0 cm³/mol. The Balaban J connectivity index is 1.78. The van der Waals surface area contributed by atoms with Crippen LogP contribution in [0, 0.1) is 0 Å². The van der Waals surface area contributed by atoms with Gasteiger partial charge in [-0.05, 0) is 96.0 Å². The molecule has 6 aliphatic rings. The van der Waals surface area contributed by atoms with Gasteiger partial charge in [-0.3, -0.25) is 0 Å². The molecule has 6 rings (SSSR count). The lowest BCUT2D eigenvalue weighted by molar-refractivity contribution is 0.644. The first kappa shape index (κ1) is 8.11. The van der Waals surface area contributed by atoms with Crippen molar-refractivity contribution in [3.8, 4) is 0 Å². The maximum atomic E-state index is 1.80. The van der Waals surface area contributed by atoms with E-state index in [0.717, 1.165) is 0 Å². The molecule has 0 aromatic rings. The summed E-state index contributed by atoms with van der Waals surface area (Å²) in [5, 5.41) is 0. The lowest BCUT2D eigenvalue weighted by Gasteiger charge is -2.45. The van der Waals surface area contributed by atoms with Crippen LogP contribution in [-0.4, -0.2) is 0 Å². The monoisotopic (exact) mass is 208 g/mol. The molecule has 0 unspecified atom stereocenters. The largest absolute Gasteiger partial charge is 0.0407 e. The van der Waals surface area contributed by atoms with Crippen molar-refractivity contribution in [2.24, 2.45) is 0 Å². The van der Waals surface area contributed by atoms with Gasteiger partial charge in [-0.25, -0.2) is 0 Å². The minimum Gasteiger partial charge on any atom is -0.0407 e. The van der Waals surface area contributed by atoms with Gasteiger partial charge in [0.2, 0.25) is 0 Å². The van der Waals surface area contributed by atoms with E-state index in [1.807, 2.05) is 0 Å². The van der Waals surface area contributed by atoms with Gasteiger partial charge in [-0.1, -0.05) is 0 Å². The highest BCUT2D eigenvalue weighted by atomic mass is 14.4. The van der Waals surface area contributed by atoms with Crippen LogP contribution in [-0.2, 0) is 0 Å². The maximum Gasteiger partial charge on any atom is -0.0232 e. The molecule has 0 heteroatoms. The number of hydrogen-bond donors (Lipinski definition) is 0. The van der Waals surface area contributed by atoms with Gasteiger partial charge in [-0.2, -0.15) is 0 Å². The second kappa shape index (κ2) is 2.45. The van der Waals surface area contributed by atoms with E-state index in [0.29, 0.717) is 0 Å². The molecule has 0 amide bonds. The molecule has 80 valence electrons. The van der Waals surface area contributed by atoms with Crippen molar-refractivity contribution >= 4 is 0 Å². The molecular weight excluding hydrogens is 192 g/mol. The zero-order valence-corrected chi connectivity index (χ0v) is 9.66. The van der Waals surface area contributed by atoms with E-state index in [4.69, 9.17) is 0 Å². The molecule has 0 radical (unpaired) electrons. The summed E-state index contributed by atoms with van der Waals surface area (Å²) in [5.74, 6) is 0. The summed E-state index contributed by atoms with van der Waals surface area (Å²) in [6, 6.07) is 0. The van der Waals surface area contributed by atoms with E-state index >= 15 is 0 Å². The van der Waals surface area contributed by atoms with Crippen LogP contribution < -0.4 is 0 Å². The van der Waals surface area contributed by atoms with E-state index in [1.165, 1.54) is 51.4 Å². The normalized spacial score (nSPS) is 30.0. The third-order valence-electron chi connectivity index (χ3n) is 5.41. The quantitative estimate of drug-likeness (QED) is 0.555. The lowest BCUT2D eigenvalue weighted by Crippen LogP contribution is -2.26. The molecule has 0 aromatic carbocycles. The minimum absolute atomic E-state index is 1.36. The Morgan fingerprint density at radius 3 is 0.500 bits per heavy atom. The van der Waals surface area contributed by atoms with Gasteiger partial charge in [0, 0.05) is 0 Å². The van der Waals surface area contributed by atoms with Crippen LogP contribution >= 0.6 is 0 Å². The Labute approximate surface area is 96.4 Å². The van der Waals surface area contributed by atoms with Crippen LogP contribution in [0.4, 0.5) is 0 Å². The fourth-order valence-corrected chi connectivity index (χ4v) is 4.75. The molecule has 2 fully saturated rings. The van der Waals surface area contributed by atoms with Gasteiger partial charge in [-0.15, -0.1) is 0 Å². The maximum absolute atomic E-state index is 1.80. The molecule has 0 spiro atoms. The Bertz CT molecular complexity index is 387. The van der Waals surface area contributed by atoms with E-state index < -0.39 is 0 Å². The van der Waals surface area contributed by atoms with E-state index in [-0.39, 0.29) is 0 Å². The Morgan fingerprint density at radius 2 is 0.375 bits per heavy atom. The summed E-state index contributed by atoms with van der Waals surface area (Å²) in [7, 11) is 0. The SMILES string of the molecule is C1CC2=C3CCC4=C1C1=C4CCC3=C2CC1. The predicted octanol–water partition coefficient (Wildman–Crippen LogP) is 4.36. The smallest absolute Gasteiger partial charge is 0.0232 e. The van der Waals surface area contributed by atoms with Crippen molar-refractivity contribution in [1.82, 2.24) is 0 Å². The van der Waals surface area contributed by atoms with Crippen LogP contribution in [0.1, 0.15) is 51.4 Å². The second-order valence-electron chi connectivity index (χ2n) is 5.83. The van der Waals surface area contributed by atoms with Gasteiger partial charge >= 0.3 is 0 Å². The summed E-state index contributed by atoms with van der Waals surface area (Å²) in [6.07, 6.45) is 10.9. The highest BCUT2D eigenvalue weighted by Gasteiger charge is 2.39. The van der Waals surface area contributed by atoms with Crippen molar-refractivity contribution < 1.29 is 0 Å². The molecule has 0 atom stereocenters. The van der Waals surface area contributed by atoms with Crippen molar-refractivity contribution in [2.45, 2.75) is 51.4 Å². The van der Waals surface area contributed by atoms with Gasteiger partial charge in [0.05, 0.1) is 0 Å². The zero-order valence-electron chi connectivity index (χ0n) is 9.66. The van der Waals surface area contributed by atoms with Crippen LogP contribution in [0.5, 0.6) is 0 Å². The minimum atomic E-state index is 1.36. The average Bonchev–Trinajstić information content (AvgIpc) is 2.28. The van der Waals surface area contributed by atoms with Crippen molar-refractivity contribution in [1.29, 1.82) is 0 Å². The molecule has 0 aliphatic heterocycles. The first-order valence-corrected chi connectivity index (χ1v) is 6.83. The fourth-order valence-electron chi connectivity index (χ4n) is 4.75. The highest BCUT2D eigenvalue weighted by molar-refractivity contribution is 5.69. The summed E-state index contributed by atoms with van der Waals surface area (Å²) < 4.78 is 0. The number of allylic oxidation sites excluding steroid dienone is 8. The summed E-state index contributed by atoms with van der Waals surface area (Å²) in [4.78, 5) is 0. The van der Waals surface area contributed by atoms with Crippen molar-refractivity contribution in [3.05, 3.63) is 44.6 Å². The van der Waals surface area contributed by atoms with Crippen LogP contribution in [0.2, 0.25) is 0 Å².